The molecule has 0 bridgehead atoms. The van der Waals surface area contributed by atoms with Crippen molar-refractivity contribution in [3.63, 3.8) is 0 Å². The summed E-state index contributed by atoms with van der Waals surface area (Å²) in [6.45, 7) is 7.42. The summed E-state index contributed by atoms with van der Waals surface area (Å²) in [6, 6.07) is 13.2. The van der Waals surface area contributed by atoms with Gasteiger partial charge < -0.3 is 20.4 Å². The Morgan fingerprint density at radius 1 is 0.892 bits per heavy atom. The second kappa shape index (κ2) is 12.4. The van der Waals surface area contributed by atoms with Crippen molar-refractivity contribution in [2.24, 2.45) is 5.92 Å². The molecule has 3 fully saturated rings. The number of rotatable bonds is 6. The molecule has 6 nitrogen and oxygen atoms in total. The van der Waals surface area contributed by atoms with E-state index in [1.807, 2.05) is 0 Å². The van der Waals surface area contributed by atoms with Gasteiger partial charge in [0.25, 0.3) is 0 Å². The summed E-state index contributed by atoms with van der Waals surface area (Å²) in [4.78, 5) is 14.8. The second-order valence-corrected chi connectivity index (χ2v) is 11.9. The molecule has 2 aliphatic heterocycles. The molecule has 1 saturated carbocycles. The number of nitrogens with zero attached hydrogens (tertiary/aromatic N) is 4. The zero-order valence-electron chi connectivity index (χ0n) is 22.6. The number of benzene rings is 1. The van der Waals surface area contributed by atoms with Gasteiger partial charge in [0, 0.05) is 44.2 Å². The van der Waals surface area contributed by atoms with Crippen molar-refractivity contribution in [3.05, 3.63) is 42.0 Å². The average molecular weight is 521 g/mol. The molecule has 37 heavy (non-hydrogen) atoms. The standard InChI is InChI=1S/C30H44N6S/c1-24-13-12-20-36(22-24)27-21-26(35-18-10-2-3-11-19-35)32-28(33-27)34-29(37)31-23-30(16-8-5-9-17-30)25-14-6-4-7-15-25/h4,6-7,14-15,21,24H,2-3,5,8-13,16-20,22-23H2,1H3,(H2,31,32,33,34,37)/t24-/m0/s1. The summed E-state index contributed by atoms with van der Waals surface area (Å²) in [5, 5.41) is 7.57. The number of hydrogen-bond donors (Lipinski definition) is 2. The summed E-state index contributed by atoms with van der Waals surface area (Å²) >= 11 is 5.81. The summed E-state index contributed by atoms with van der Waals surface area (Å²) in [6.07, 6.45) is 13.8. The van der Waals surface area contributed by atoms with Gasteiger partial charge in [-0.25, -0.2) is 0 Å². The maximum atomic E-state index is 5.81. The Kier molecular flexibility index (Phi) is 8.80. The van der Waals surface area contributed by atoms with Gasteiger partial charge in [-0.2, -0.15) is 9.97 Å². The molecule has 5 rings (SSSR count). The summed E-state index contributed by atoms with van der Waals surface area (Å²) < 4.78 is 0. The van der Waals surface area contributed by atoms with Crippen molar-refractivity contribution >= 4 is 34.9 Å². The first-order valence-corrected chi connectivity index (χ1v) is 15.0. The zero-order valence-corrected chi connectivity index (χ0v) is 23.4. The first-order chi connectivity index (χ1) is 18.1. The van der Waals surface area contributed by atoms with Crippen LogP contribution >= 0.6 is 12.2 Å². The molecule has 0 radical (unpaired) electrons. The van der Waals surface area contributed by atoms with Gasteiger partial charge in [-0.3, -0.25) is 0 Å². The van der Waals surface area contributed by atoms with E-state index in [2.05, 4.69) is 63.8 Å². The van der Waals surface area contributed by atoms with Crippen molar-refractivity contribution in [1.29, 1.82) is 0 Å². The summed E-state index contributed by atoms with van der Waals surface area (Å²) in [5.41, 5.74) is 1.56. The Balaban J connectivity index is 1.32. The third-order valence-electron chi connectivity index (χ3n) is 8.62. The predicted octanol–water partition coefficient (Wildman–Crippen LogP) is 6.28. The van der Waals surface area contributed by atoms with Crippen molar-refractivity contribution in [2.75, 3.05) is 47.8 Å². The maximum Gasteiger partial charge on any atom is 0.232 e. The van der Waals surface area contributed by atoms with E-state index in [4.69, 9.17) is 22.2 Å². The zero-order chi connectivity index (χ0) is 25.5. The van der Waals surface area contributed by atoms with Gasteiger partial charge >= 0.3 is 0 Å². The van der Waals surface area contributed by atoms with Crippen molar-refractivity contribution in [2.45, 2.75) is 83.0 Å². The Hall–Kier alpha value is -2.41. The monoisotopic (exact) mass is 520 g/mol. The van der Waals surface area contributed by atoms with Crippen LogP contribution in [0, 0.1) is 5.92 Å². The molecule has 3 heterocycles. The van der Waals surface area contributed by atoms with E-state index in [9.17, 15) is 0 Å². The van der Waals surface area contributed by atoms with Gasteiger partial charge in [-0.1, -0.05) is 69.4 Å². The van der Waals surface area contributed by atoms with Crippen LogP contribution in [-0.4, -0.2) is 47.8 Å². The van der Waals surface area contributed by atoms with Crippen molar-refractivity contribution in [3.8, 4) is 0 Å². The molecule has 2 aromatic rings. The number of piperidine rings is 1. The Bertz CT molecular complexity index is 994. The largest absolute Gasteiger partial charge is 0.361 e. The van der Waals surface area contributed by atoms with Crippen LogP contribution in [0.2, 0.25) is 0 Å². The van der Waals surface area contributed by atoms with E-state index in [0.29, 0.717) is 17.0 Å². The minimum Gasteiger partial charge on any atom is -0.361 e. The fraction of sp³-hybridized carbons (Fsp3) is 0.633. The molecule has 1 aliphatic carbocycles. The molecule has 200 valence electrons. The maximum absolute atomic E-state index is 5.81. The van der Waals surface area contributed by atoms with Crippen LogP contribution in [0.15, 0.2) is 36.4 Å². The van der Waals surface area contributed by atoms with Crippen LogP contribution in [0.5, 0.6) is 0 Å². The lowest BCUT2D eigenvalue weighted by Gasteiger charge is -2.38. The molecule has 1 aromatic heterocycles. The third-order valence-corrected chi connectivity index (χ3v) is 8.87. The molecular weight excluding hydrogens is 476 g/mol. The molecule has 1 aromatic carbocycles. The SMILES string of the molecule is C[C@H]1CCCN(c2cc(N3CCCCCC3)nc(NC(=S)NCC3(c4ccccc4)CCCCC3)n2)C1. The lowest BCUT2D eigenvalue weighted by Crippen LogP contribution is -2.43. The van der Waals surface area contributed by atoms with Crippen LogP contribution in [-0.2, 0) is 5.41 Å². The second-order valence-electron chi connectivity index (χ2n) is 11.5. The van der Waals surface area contributed by atoms with Gasteiger partial charge in [0.1, 0.15) is 11.6 Å². The first-order valence-electron chi connectivity index (χ1n) is 14.6. The highest BCUT2D eigenvalue weighted by atomic mass is 32.1. The summed E-state index contributed by atoms with van der Waals surface area (Å²) in [5.74, 6) is 3.36. The van der Waals surface area contributed by atoms with Gasteiger partial charge in [0.2, 0.25) is 5.95 Å². The van der Waals surface area contributed by atoms with E-state index >= 15 is 0 Å². The van der Waals surface area contributed by atoms with Crippen LogP contribution < -0.4 is 20.4 Å². The number of thiocarbonyl (C=S) groups is 1. The lowest BCUT2D eigenvalue weighted by molar-refractivity contribution is 0.292. The number of nitrogens with one attached hydrogen (secondary N) is 2. The Labute approximate surface area is 228 Å². The van der Waals surface area contributed by atoms with Crippen LogP contribution in [0.3, 0.4) is 0 Å². The normalized spacial score (nSPS) is 22.2. The van der Waals surface area contributed by atoms with E-state index in [-0.39, 0.29) is 5.41 Å². The van der Waals surface area contributed by atoms with Crippen LogP contribution in [0.1, 0.15) is 83.1 Å². The minimum atomic E-state index is 0.134. The van der Waals surface area contributed by atoms with Crippen LogP contribution in [0.25, 0.3) is 0 Å². The highest BCUT2D eigenvalue weighted by molar-refractivity contribution is 7.80. The highest BCUT2D eigenvalue weighted by Crippen LogP contribution is 2.39. The molecule has 3 aliphatic rings. The smallest absolute Gasteiger partial charge is 0.232 e. The van der Waals surface area contributed by atoms with E-state index in [1.165, 1.54) is 76.2 Å². The molecule has 7 heteroatoms. The first kappa shape index (κ1) is 26.2. The van der Waals surface area contributed by atoms with Crippen molar-refractivity contribution < 1.29 is 0 Å². The van der Waals surface area contributed by atoms with Gasteiger partial charge in [0.05, 0.1) is 0 Å². The molecule has 0 spiro atoms. The van der Waals surface area contributed by atoms with E-state index < -0.39 is 0 Å². The average Bonchev–Trinajstić information content (AvgIpc) is 3.23. The molecule has 0 amide bonds. The highest BCUT2D eigenvalue weighted by Gasteiger charge is 2.34. The molecule has 1 atom stereocenters. The topological polar surface area (TPSA) is 56.3 Å². The van der Waals surface area contributed by atoms with Gasteiger partial charge in [0.15, 0.2) is 5.11 Å². The Morgan fingerprint density at radius 3 is 2.24 bits per heavy atom. The third kappa shape index (κ3) is 6.73. The number of aromatic nitrogens is 2. The van der Waals surface area contributed by atoms with Gasteiger partial charge in [-0.15, -0.1) is 0 Å². The molecular formula is C30H44N6S. The quantitative estimate of drug-likeness (QED) is 0.435. The molecule has 0 unspecified atom stereocenters. The molecule has 2 N–H and O–H groups in total. The Morgan fingerprint density at radius 2 is 1.54 bits per heavy atom. The molecule has 2 saturated heterocycles. The fourth-order valence-electron chi connectivity index (χ4n) is 6.48. The summed E-state index contributed by atoms with van der Waals surface area (Å²) in [7, 11) is 0. The van der Waals surface area contributed by atoms with E-state index in [0.717, 1.165) is 44.4 Å². The fourth-order valence-corrected chi connectivity index (χ4v) is 6.65. The van der Waals surface area contributed by atoms with Crippen LogP contribution in [0.4, 0.5) is 17.6 Å². The van der Waals surface area contributed by atoms with Crippen molar-refractivity contribution in [1.82, 2.24) is 15.3 Å². The number of hydrogen-bond acceptors (Lipinski definition) is 5. The predicted molar refractivity (Wildman–Crippen MR) is 159 cm³/mol. The number of anilines is 3. The lowest BCUT2D eigenvalue weighted by atomic mass is 9.69. The van der Waals surface area contributed by atoms with Gasteiger partial charge in [-0.05, 0) is 62.2 Å². The van der Waals surface area contributed by atoms with E-state index in [1.54, 1.807) is 0 Å². The minimum absolute atomic E-state index is 0.134.